The van der Waals surface area contributed by atoms with Gasteiger partial charge in [-0.05, 0) is 31.3 Å². The molecule has 4 aromatic rings. The van der Waals surface area contributed by atoms with Crippen molar-refractivity contribution >= 4 is 28.4 Å². The average Bonchev–Trinajstić information content (AvgIpc) is 3.32. The second-order valence-electron chi connectivity index (χ2n) is 6.48. The van der Waals surface area contributed by atoms with E-state index in [9.17, 15) is 0 Å². The first kappa shape index (κ1) is 18.2. The standard InChI is InChI=1S/C21H21N5OS/c1-14-7-9-15(10-8-14)19-24-13-17(26(19)12-11-23-21(28)22-2)20-25-16-5-3-4-6-18(16)27-20/h3-10,13H,11-12H2,1-2H3,(H2,22,23,28). The van der Waals surface area contributed by atoms with Crippen LogP contribution in [0.3, 0.4) is 0 Å². The lowest BCUT2D eigenvalue weighted by molar-refractivity contribution is 0.600. The second kappa shape index (κ2) is 7.82. The number of aryl methyl sites for hydroxylation is 1. The normalized spacial score (nSPS) is 10.9. The zero-order chi connectivity index (χ0) is 19.5. The van der Waals surface area contributed by atoms with Crippen molar-refractivity contribution in [2.24, 2.45) is 0 Å². The Morgan fingerprint density at radius 1 is 1.14 bits per heavy atom. The number of thiocarbonyl (C=S) groups is 1. The van der Waals surface area contributed by atoms with Crippen LogP contribution in [0.2, 0.25) is 0 Å². The van der Waals surface area contributed by atoms with Gasteiger partial charge in [-0.25, -0.2) is 9.97 Å². The molecule has 6 nitrogen and oxygen atoms in total. The lowest BCUT2D eigenvalue weighted by atomic mass is 10.1. The molecule has 0 amide bonds. The Balaban J connectivity index is 1.74. The van der Waals surface area contributed by atoms with E-state index in [1.165, 1.54) is 5.56 Å². The molecule has 2 N–H and O–H groups in total. The molecule has 0 spiro atoms. The molecule has 0 aliphatic heterocycles. The van der Waals surface area contributed by atoms with Gasteiger partial charge in [0.15, 0.2) is 10.7 Å². The molecular weight excluding hydrogens is 370 g/mol. The molecule has 0 atom stereocenters. The fourth-order valence-corrected chi connectivity index (χ4v) is 3.16. The van der Waals surface area contributed by atoms with Gasteiger partial charge in [-0.2, -0.15) is 0 Å². The minimum atomic E-state index is 0.559. The van der Waals surface area contributed by atoms with Crippen LogP contribution >= 0.6 is 12.2 Å². The molecule has 0 aliphatic rings. The Labute approximate surface area is 168 Å². The summed E-state index contributed by atoms with van der Waals surface area (Å²) in [7, 11) is 1.80. The lowest BCUT2D eigenvalue weighted by Crippen LogP contribution is -2.34. The number of para-hydroxylation sites is 2. The van der Waals surface area contributed by atoms with Gasteiger partial charge in [0.1, 0.15) is 17.0 Å². The van der Waals surface area contributed by atoms with E-state index < -0.39 is 0 Å². The number of hydrogen-bond donors (Lipinski definition) is 2. The zero-order valence-electron chi connectivity index (χ0n) is 15.8. The predicted octanol–water partition coefficient (Wildman–Crippen LogP) is 3.76. The molecule has 2 aromatic heterocycles. The Hall–Kier alpha value is -3.19. The third-order valence-electron chi connectivity index (χ3n) is 4.53. The number of fused-ring (bicyclic) bond motifs is 1. The van der Waals surface area contributed by atoms with Crippen molar-refractivity contribution in [1.82, 2.24) is 25.2 Å². The van der Waals surface area contributed by atoms with Gasteiger partial charge in [0, 0.05) is 25.7 Å². The van der Waals surface area contributed by atoms with Crippen molar-refractivity contribution in [2.45, 2.75) is 13.5 Å². The molecule has 0 aliphatic carbocycles. The van der Waals surface area contributed by atoms with Gasteiger partial charge in [-0.15, -0.1) is 0 Å². The molecule has 0 bridgehead atoms. The van der Waals surface area contributed by atoms with Gasteiger partial charge < -0.3 is 19.6 Å². The van der Waals surface area contributed by atoms with Crippen LogP contribution in [0.4, 0.5) is 0 Å². The minimum Gasteiger partial charge on any atom is -0.435 e. The first-order valence-corrected chi connectivity index (χ1v) is 9.50. The summed E-state index contributed by atoms with van der Waals surface area (Å²) < 4.78 is 8.09. The predicted molar refractivity (Wildman–Crippen MR) is 115 cm³/mol. The summed E-state index contributed by atoms with van der Waals surface area (Å²) in [5.41, 5.74) is 4.68. The Morgan fingerprint density at radius 2 is 1.93 bits per heavy atom. The van der Waals surface area contributed by atoms with E-state index in [4.69, 9.17) is 16.6 Å². The monoisotopic (exact) mass is 391 g/mol. The van der Waals surface area contributed by atoms with Crippen LogP contribution in [0.25, 0.3) is 34.1 Å². The topological polar surface area (TPSA) is 67.9 Å². The van der Waals surface area contributed by atoms with Crippen LogP contribution < -0.4 is 10.6 Å². The molecule has 2 aromatic carbocycles. The van der Waals surface area contributed by atoms with E-state index in [0.717, 1.165) is 28.2 Å². The SMILES string of the molecule is CNC(=S)NCCn1c(-c2nc3ccccc3o2)cnc1-c1ccc(C)cc1. The van der Waals surface area contributed by atoms with Gasteiger partial charge in [0.2, 0.25) is 5.89 Å². The van der Waals surface area contributed by atoms with E-state index in [-0.39, 0.29) is 0 Å². The minimum absolute atomic E-state index is 0.559. The number of imidazole rings is 1. The lowest BCUT2D eigenvalue weighted by Gasteiger charge is -2.12. The van der Waals surface area contributed by atoms with Crippen molar-refractivity contribution in [3.63, 3.8) is 0 Å². The first-order valence-electron chi connectivity index (χ1n) is 9.10. The highest BCUT2D eigenvalue weighted by molar-refractivity contribution is 7.80. The van der Waals surface area contributed by atoms with Gasteiger partial charge in [0.25, 0.3) is 0 Å². The van der Waals surface area contributed by atoms with Crippen LogP contribution in [-0.2, 0) is 6.54 Å². The molecular formula is C21H21N5OS. The quantitative estimate of drug-likeness (QED) is 0.505. The fourth-order valence-electron chi connectivity index (χ4n) is 3.06. The number of nitrogens with one attached hydrogen (secondary N) is 2. The maximum atomic E-state index is 5.98. The van der Waals surface area contributed by atoms with Crippen molar-refractivity contribution in [3.8, 4) is 23.0 Å². The number of nitrogens with zero attached hydrogens (tertiary/aromatic N) is 3. The number of oxazole rings is 1. The number of aromatic nitrogens is 3. The summed E-state index contributed by atoms with van der Waals surface area (Å²) in [6.45, 7) is 3.39. The third-order valence-corrected chi connectivity index (χ3v) is 4.87. The summed E-state index contributed by atoms with van der Waals surface area (Å²) in [6, 6.07) is 16.1. The summed E-state index contributed by atoms with van der Waals surface area (Å²) in [5.74, 6) is 1.43. The molecule has 0 saturated carbocycles. The summed E-state index contributed by atoms with van der Waals surface area (Å²) in [6.07, 6.45) is 1.82. The van der Waals surface area contributed by atoms with Gasteiger partial charge >= 0.3 is 0 Å². The number of benzene rings is 2. The molecule has 7 heteroatoms. The van der Waals surface area contributed by atoms with E-state index in [1.54, 1.807) is 7.05 Å². The average molecular weight is 392 g/mol. The second-order valence-corrected chi connectivity index (χ2v) is 6.89. The maximum absolute atomic E-state index is 5.98. The maximum Gasteiger partial charge on any atom is 0.245 e. The van der Waals surface area contributed by atoms with Crippen LogP contribution in [0.15, 0.2) is 59.1 Å². The summed E-state index contributed by atoms with van der Waals surface area (Å²) in [4.78, 5) is 9.31. The van der Waals surface area contributed by atoms with Crippen molar-refractivity contribution in [1.29, 1.82) is 0 Å². The Kier molecular flexibility index (Phi) is 5.08. The highest BCUT2D eigenvalue weighted by Gasteiger charge is 2.18. The van der Waals surface area contributed by atoms with E-state index in [1.807, 2.05) is 30.5 Å². The largest absolute Gasteiger partial charge is 0.435 e. The van der Waals surface area contributed by atoms with Crippen LogP contribution in [0.1, 0.15) is 5.56 Å². The zero-order valence-corrected chi connectivity index (χ0v) is 16.6. The third kappa shape index (κ3) is 3.61. The van der Waals surface area contributed by atoms with Crippen LogP contribution in [0, 0.1) is 6.92 Å². The van der Waals surface area contributed by atoms with Gasteiger partial charge in [-0.1, -0.05) is 42.0 Å². The summed E-state index contributed by atoms with van der Waals surface area (Å²) in [5, 5.41) is 6.72. The van der Waals surface area contributed by atoms with Crippen molar-refractivity contribution in [2.75, 3.05) is 13.6 Å². The molecule has 0 saturated heterocycles. The van der Waals surface area contributed by atoms with E-state index in [2.05, 4.69) is 56.4 Å². The molecule has 4 rings (SSSR count). The van der Waals surface area contributed by atoms with Gasteiger partial charge in [-0.3, -0.25) is 0 Å². The summed E-state index contributed by atoms with van der Waals surface area (Å²) >= 11 is 5.18. The Morgan fingerprint density at radius 3 is 2.68 bits per heavy atom. The molecule has 2 heterocycles. The molecule has 0 fully saturated rings. The van der Waals surface area contributed by atoms with Crippen molar-refractivity contribution < 1.29 is 4.42 Å². The van der Waals surface area contributed by atoms with E-state index in [0.29, 0.717) is 24.1 Å². The molecule has 28 heavy (non-hydrogen) atoms. The highest BCUT2D eigenvalue weighted by Crippen LogP contribution is 2.28. The van der Waals surface area contributed by atoms with E-state index >= 15 is 0 Å². The number of rotatable bonds is 5. The molecule has 142 valence electrons. The van der Waals surface area contributed by atoms with Gasteiger partial charge in [0.05, 0.1) is 6.20 Å². The Bertz CT molecular complexity index is 1080. The molecule has 0 radical (unpaired) electrons. The smallest absolute Gasteiger partial charge is 0.245 e. The first-order chi connectivity index (χ1) is 13.7. The molecule has 0 unspecified atom stereocenters. The number of hydrogen-bond acceptors (Lipinski definition) is 4. The fraction of sp³-hybridized carbons (Fsp3) is 0.190. The van der Waals surface area contributed by atoms with Crippen LogP contribution in [0.5, 0.6) is 0 Å². The van der Waals surface area contributed by atoms with Crippen molar-refractivity contribution in [3.05, 3.63) is 60.3 Å². The highest BCUT2D eigenvalue weighted by atomic mass is 32.1. The van der Waals surface area contributed by atoms with Crippen LogP contribution in [-0.4, -0.2) is 33.2 Å².